The molecule has 1 aromatic carbocycles. The van der Waals surface area contributed by atoms with Crippen molar-refractivity contribution in [1.29, 1.82) is 5.26 Å². The number of nitriles is 1. The van der Waals surface area contributed by atoms with Gasteiger partial charge >= 0.3 is 5.69 Å². The van der Waals surface area contributed by atoms with Gasteiger partial charge in [-0.05, 0) is 18.1 Å². The molecule has 1 N–H and O–H groups in total. The number of hydrogen-bond acceptors (Lipinski definition) is 5. The number of thioether (sulfide) groups is 1. The van der Waals surface area contributed by atoms with Crippen LogP contribution in [0.15, 0.2) is 32.7 Å². The third-order valence-corrected chi connectivity index (χ3v) is 5.27. The average Bonchev–Trinajstić information content (AvgIpc) is 2.59. The smallest absolute Gasteiger partial charge is 0.332 e. The van der Waals surface area contributed by atoms with Crippen LogP contribution in [-0.4, -0.2) is 14.9 Å². The quantitative estimate of drug-likeness (QED) is 0.896. The highest BCUT2D eigenvalue weighted by Gasteiger charge is 2.25. The molecule has 3 rings (SSSR count). The highest BCUT2D eigenvalue weighted by Crippen LogP contribution is 2.39. The molecule has 2 aromatic rings. The standard InChI is InChI=1S/C16H15FN4O2S/c1-20-14(10(8-18)15(22)21(2)16(20)23)19-12-6-7-24-13-9(12)4-3-5-11(13)17/h3-5,12,19H,6-7H2,1-2H3/t12-/m1/s1. The normalized spacial score (nSPS) is 16.3. The Labute approximate surface area is 141 Å². The van der Waals surface area contributed by atoms with Crippen LogP contribution in [0.25, 0.3) is 0 Å². The first-order valence-electron chi connectivity index (χ1n) is 7.33. The molecule has 0 amide bonds. The average molecular weight is 346 g/mol. The van der Waals surface area contributed by atoms with E-state index in [0.29, 0.717) is 17.1 Å². The van der Waals surface area contributed by atoms with Crippen molar-refractivity contribution in [3.63, 3.8) is 0 Å². The lowest BCUT2D eigenvalue weighted by atomic mass is 10.0. The molecule has 24 heavy (non-hydrogen) atoms. The van der Waals surface area contributed by atoms with Crippen LogP contribution in [-0.2, 0) is 14.1 Å². The largest absolute Gasteiger partial charge is 0.363 e. The minimum Gasteiger partial charge on any atom is -0.363 e. The maximum atomic E-state index is 14.0. The van der Waals surface area contributed by atoms with Crippen molar-refractivity contribution in [3.05, 3.63) is 56.0 Å². The third kappa shape index (κ3) is 2.51. The minimum atomic E-state index is -0.646. The summed E-state index contributed by atoms with van der Waals surface area (Å²) in [7, 11) is 2.83. The second-order valence-corrected chi connectivity index (χ2v) is 6.64. The topological polar surface area (TPSA) is 79.8 Å². The summed E-state index contributed by atoms with van der Waals surface area (Å²) < 4.78 is 16.1. The molecule has 0 bridgehead atoms. The molecule has 8 heteroatoms. The van der Waals surface area contributed by atoms with Gasteiger partial charge in [-0.2, -0.15) is 5.26 Å². The molecule has 0 fully saturated rings. The summed E-state index contributed by atoms with van der Waals surface area (Å²) >= 11 is 1.44. The van der Waals surface area contributed by atoms with Crippen molar-refractivity contribution in [1.82, 2.24) is 9.13 Å². The predicted octanol–water partition coefficient (Wildman–Crippen LogP) is 1.74. The lowest BCUT2D eigenvalue weighted by Crippen LogP contribution is -2.40. The molecule has 0 unspecified atom stereocenters. The van der Waals surface area contributed by atoms with Crippen molar-refractivity contribution in [2.24, 2.45) is 14.1 Å². The zero-order valence-corrected chi connectivity index (χ0v) is 14.0. The second kappa shape index (κ2) is 6.17. The van der Waals surface area contributed by atoms with E-state index in [9.17, 15) is 19.2 Å². The van der Waals surface area contributed by atoms with Crippen LogP contribution in [0.1, 0.15) is 23.6 Å². The first kappa shape index (κ1) is 16.3. The molecule has 0 aliphatic carbocycles. The van der Waals surface area contributed by atoms with Gasteiger partial charge < -0.3 is 5.32 Å². The first-order valence-corrected chi connectivity index (χ1v) is 8.32. The SMILES string of the molecule is Cn1c(N[C@@H]2CCSc3c(F)cccc32)c(C#N)c(=O)n(C)c1=O. The van der Waals surface area contributed by atoms with Gasteiger partial charge in [-0.25, -0.2) is 9.18 Å². The van der Waals surface area contributed by atoms with E-state index in [0.717, 1.165) is 10.1 Å². The highest BCUT2D eigenvalue weighted by atomic mass is 32.2. The Morgan fingerprint density at radius 1 is 1.33 bits per heavy atom. The summed E-state index contributed by atoms with van der Waals surface area (Å²) in [4.78, 5) is 24.9. The van der Waals surface area contributed by atoms with Crippen LogP contribution < -0.4 is 16.6 Å². The second-order valence-electron chi connectivity index (χ2n) is 5.53. The van der Waals surface area contributed by atoms with Crippen LogP contribution in [0.4, 0.5) is 10.2 Å². The summed E-state index contributed by atoms with van der Waals surface area (Å²) in [6.07, 6.45) is 0.690. The Balaban J connectivity index is 2.12. The van der Waals surface area contributed by atoms with E-state index < -0.39 is 11.2 Å². The fourth-order valence-electron chi connectivity index (χ4n) is 2.82. The number of fused-ring (bicyclic) bond motifs is 1. The minimum absolute atomic E-state index is 0.129. The van der Waals surface area contributed by atoms with Gasteiger partial charge in [0.05, 0.1) is 6.04 Å². The molecule has 0 spiro atoms. The van der Waals surface area contributed by atoms with Gasteiger partial charge in [0.2, 0.25) is 0 Å². The summed E-state index contributed by atoms with van der Waals surface area (Å²) in [6, 6.07) is 6.43. The highest BCUT2D eigenvalue weighted by molar-refractivity contribution is 7.99. The van der Waals surface area contributed by atoms with Crippen LogP contribution >= 0.6 is 11.8 Å². The van der Waals surface area contributed by atoms with Gasteiger partial charge in [0.1, 0.15) is 17.7 Å². The fourth-order valence-corrected chi connectivity index (χ4v) is 3.96. The molecule has 2 heterocycles. The number of aromatic nitrogens is 2. The van der Waals surface area contributed by atoms with E-state index in [1.807, 2.05) is 12.1 Å². The van der Waals surface area contributed by atoms with Crippen molar-refractivity contribution >= 4 is 17.6 Å². The van der Waals surface area contributed by atoms with Gasteiger partial charge in [0.25, 0.3) is 5.56 Å². The van der Waals surface area contributed by atoms with Crippen molar-refractivity contribution < 1.29 is 4.39 Å². The van der Waals surface area contributed by atoms with Crippen LogP contribution in [0.2, 0.25) is 0 Å². The third-order valence-electron chi connectivity index (χ3n) is 4.11. The number of hydrogen-bond donors (Lipinski definition) is 1. The van der Waals surface area contributed by atoms with Crippen LogP contribution in [0.5, 0.6) is 0 Å². The van der Waals surface area contributed by atoms with E-state index in [4.69, 9.17) is 0 Å². The summed E-state index contributed by atoms with van der Waals surface area (Å²) in [6.45, 7) is 0. The van der Waals surface area contributed by atoms with E-state index in [2.05, 4.69) is 5.32 Å². The molecule has 1 aromatic heterocycles. The van der Waals surface area contributed by atoms with Gasteiger partial charge in [0, 0.05) is 24.7 Å². The molecule has 0 saturated carbocycles. The lowest BCUT2D eigenvalue weighted by molar-refractivity contribution is 0.583. The Bertz CT molecular complexity index is 974. The van der Waals surface area contributed by atoms with Gasteiger partial charge in [-0.3, -0.25) is 13.9 Å². The molecule has 1 aliphatic heterocycles. The molecule has 0 saturated heterocycles. The van der Waals surface area contributed by atoms with Crippen LogP contribution in [0, 0.1) is 17.1 Å². The number of nitrogens with one attached hydrogen (secondary N) is 1. The van der Waals surface area contributed by atoms with Crippen molar-refractivity contribution in [2.75, 3.05) is 11.1 Å². The summed E-state index contributed by atoms with van der Waals surface area (Å²) in [5.74, 6) is 0.576. The number of nitrogens with zero attached hydrogens (tertiary/aromatic N) is 3. The van der Waals surface area contributed by atoms with Gasteiger partial charge in [-0.1, -0.05) is 12.1 Å². The Morgan fingerprint density at radius 3 is 2.79 bits per heavy atom. The summed E-state index contributed by atoms with van der Waals surface area (Å²) in [5.41, 5.74) is -0.530. The molecule has 124 valence electrons. The molecular weight excluding hydrogens is 331 g/mol. The fraction of sp³-hybridized carbons (Fsp3) is 0.312. The Hall–Kier alpha value is -2.53. The maximum Gasteiger partial charge on any atom is 0.332 e. The lowest BCUT2D eigenvalue weighted by Gasteiger charge is -2.28. The van der Waals surface area contributed by atoms with Crippen molar-refractivity contribution in [3.8, 4) is 6.07 Å². The predicted molar refractivity (Wildman–Crippen MR) is 89.7 cm³/mol. The molecule has 1 atom stereocenters. The maximum absolute atomic E-state index is 14.0. The van der Waals surface area contributed by atoms with Crippen LogP contribution in [0.3, 0.4) is 0 Å². The number of halogens is 1. The molecule has 0 radical (unpaired) electrons. The Kier molecular flexibility index (Phi) is 4.20. The number of benzene rings is 1. The van der Waals surface area contributed by atoms with Gasteiger partial charge in [0.15, 0.2) is 5.56 Å². The van der Waals surface area contributed by atoms with E-state index >= 15 is 0 Å². The number of anilines is 1. The summed E-state index contributed by atoms with van der Waals surface area (Å²) in [5, 5.41) is 12.4. The number of rotatable bonds is 2. The van der Waals surface area contributed by atoms with E-state index in [1.54, 1.807) is 6.07 Å². The van der Waals surface area contributed by atoms with E-state index in [1.165, 1.54) is 36.5 Å². The monoisotopic (exact) mass is 346 g/mol. The molecular formula is C16H15FN4O2S. The Morgan fingerprint density at radius 2 is 2.08 bits per heavy atom. The van der Waals surface area contributed by atoms with E-state index in [-0.39, 0.29) is 23.2 Å². The first-order chi connectivity index (χ1) is 11.5. The molecule has 6 nitrogen and oxygen atoms in total. The zero-order valence-electron chi connectivity index (χ0n) is 13.2. The molecule has 1 aliphatic rings. The van der Waals surface area contributed by atoms with Gasteiger partial charge in [-0.15, -0.1) is 11.8 Å². The zero-order chi connectivity index (χ0) is 17.4. The van der Waals surface area contributed by atoms with Crippen molar-refractivity contribution in [2.45, 2.75) is 17.4 Å².